The number of unbranched alkanes of at least 4 members (excludes halogenated alkanes) is 1. The maximum absolute atomic E-state index is 5.46. The first kappa shape index (κ1) is 8.77. The van der Waals surface area contributed by atoms with Gasteiger partial charge in [0.25, 0.3) is 0 Å². The Balaban J connectivity index is 2.94. The van der Waals surface area contributed by atoms with Crippen molar-refractivity contribution in [2.75, 3.05) is 5.88 Å². The minimum Gasteiger partial charge on any atom is -0.127 e. The van der Waals surface area contributed by atoms with Gasteiger partial charge in [-0.3, -0.25) is 0 Å². The van der Waals surface area contributed by atoms with Crippen molar-refractivity contribution in [2.45, 2.75) is 19.3 Å². The largest absolute Gasteiger partial charge is 0.127 e. The molecule has 0 aliphatic rings. The van der Waals surface area contributed by atoms with Crippen LogP contribution in [0.2, 0.25) is 0 Å². The second-order valence-electron chi connectivity index (χ2n) is 1.83. The van der Waals surface area contributed by atoms with E-state index < -0.39 is 0 Å². The van der Waals surface area contributed by atoms with E-state index in [9.17, 15) is 0 Å². The molecule has 0 amide bonds. The molecule has 0 aliphatic heterocycles. The number of rotatable bonds is 5. The van der Waals surface area contributed by atoms with Gasteiger partial charge in [-0.15, -0.1) is 18.2 Å². The summed E-state index contributed by atoms with van der Waals surface area (Å²) in [5.41, 5.74) is 0. The van der Waals surface area contributed by atoms with E-state index in [2.05, 4.69) is 18.7 Å². The van der Waals surface area contributed by atoms with E-state index in [-0.39, 0.29) is 0 Å². The van der Waals surface area contributed by atoms with Crippen LogP contribution in [0.3, 0.4) is 0 Å². The number of hydrogen-bond donors (Lipinski definition) is 0. The molecule has 0 aliphatic carbocycles. The van der Waals surface area contributed by atoms with Crippen molar-refractivity contribution in [3.63, 3.8) is 0 Å². The molecule has 0 heterocycles. The Morgan fingerprint density at radius 3 is 2.67 bits per heavy atom. The van der Waals surface area contributed by atoms with Gasteiger partial charge in [-0.05, 0) is 19.3 Å². The Morgan fingerprint density at radius 2 is 2.11 bits per heavy atom. The summed E-state index contributed by atoms with van der Waals surface area (Å²) in [6.45, 7) is 3.60. The number of halogens is 1. The summed E-state index contributed by atoms with van der Waals surface area (Å²) >= 11 is 5.46. The van der Waals surface area contributed by atoms with Gasteiger partial charge >= 0.3 is 0 Å². The van der Waals surface area contributed by atoms with Crippen molar-refractivity contribution in [3.8, 4) is 0 Å². The zero-order chi connectivity index (χ0) is 6.95. The van der Waals surface area contributed by atoms with E-state index >= 15 is 0 Å². The molecule has 0 saturated carbocycles. The summed E-state index contributed by atoms with van der Waals surface area (Å²) in [6, 6.07) is 0. The van der Waals surface area contributed by atoms with Crippen LogP contribution in [0.4, 0.5) is 0 Å². The summed E-state index contributed by atoms with van der Waals surface area (Å²) in [6.07, 6.45) is 9.29. The predicted octanol–water partition coefficient (Wildman–Crippen LogP) is 3.14. The molecule has 0 unspecified atom stereocenters. The smallest absolute Gasteiger partial charge is 0.0226 e. The lowest BCUT2D eigenvalue weighted by Crippen LogP contribution is -1.69. The van der Waals surface area contributed by atoms with Crippen LogP contribution < -0.4 is 0 Å². The lowest BCUT2D eigenvalue weighted by molar-refractivity contribution is 0.962. The van der Waals surface area contributed by atoms with Crippen LogP contribution in [0.15, 0.2) is 24.8 Å². The molecule has 0 radical (unpaired) electrons. The number of alkyl halides is 1. The van der Waals surface area contributed by atoms with Gasteiger partial charge in [0.15, 0.2) is 0 Å². The van der Waals surface area contributed by atoms with Gasteiger partial charge in [-0.2, -0.15) is 0 Å². The van der Waals surface area contributed by atoms with E-state index in [1.165, 1.54) is 0 Å². The highest BCUT2D eigenvalue weighted by molar-refractivity contribution is 6.17. The molecular weight excluding hydrogens is 132 g/mol. The fourth-order valence-electron chi connectivity index (χ4n) is 0.505. The monoisotopic (exact) mass is 144 g/mol. The highest BCUT2D eigenvalue weighted by atomic mass is 35.5. The van der Waals surface area contributed by atoms with Gasteiger partial charge in [-0.25, -0.2) is 0 Å². The third-order valence-corrected chi connectivity index (χ3v) is 1.24. The maximum Gasteiger partial charge on any atom is 0.0226 e. The molecule has 0 spiro atoms. The summed E-state index contributed by atoms with van der Waals surface area (Å²) in [5, 5.41) is 0. The first-order chi connectivity index (χ1) is 4.41. The molecular formula is C8H13Cl. The second kappa shape index (κ2) is 7.77. The van der Waals surface area contributed by atoms with Crippen LogP contribution >= 0.6 is 11.6 Å². The molecule has 0 fully saturated rings. The van der Waals surface area contributed by atoms with Gasteiger partial charge in [0.05, 0.1) is 0 Å². The lowest BCUT2D eigenvalue weighted by atomic mass is 10.3. The van der Waals surface area contributed by atoms with Crippen molar-refractivity contribution < 1.29 is 0 Å². The third kappa shape index (κ3) is 7.77. The van der Waals surface area contributed by atoms with E-state index in [1.54, 1.807) is 0 Å². The Bertz CT molecular complexity index is 84.6. The van der Waals surface area contributed by atoms with Gasteiger partial charge in [0, 0.05) is 5.88 Å². The fourth-order valence-corrected chi connectivity index (χ4v) is 0.660. The maximum atomic E-state index is 5.46. The predicted molar refractivity (Wildman–Crippen MR) is 43.9 cm³/mol. The fraction of sp³-hybridized carbons (Fsp3) is 0.500. The molecule has 0 saturated heterocycles. The first-order valence-corrected chi connectivity index (χ1v) is 3.77. The van der Waals surface area contributed by atoms with E-state index in [0.717, 1.165) is 25.1 Å². The molecule has 0 rings (SSSR count). The normalized spacial score (nSPS) is 10.3. The topological polar surface area (TPSA) is 0 Å². The summed E-state index contributed by atoms with van der Waals surface area (Å²) in [7, 11) is 0. The van der Waals surface area contributed by atoms with Crippen molar-refractivity contribution in [2.24, 2.45) is 0 Å². The van der Waals surface area contributed by atoms with Crippen molar-refractivity contribution in [1.29, 1.82) is 0 Å². The van der Waals surface area contributed by atoms with Crippen LogP contribution in [0.1, 0.15) is 19.3 Å². The zero-order valence-corrected chi connectivity index (χ0v) is 6.40. The van der Waals surface area contributed by atoms with Crippen molar-refractivity contribution in [1.82, 2.24) is 0 Å². The minimum absolute atomic E-state index is 0.762. The summed E-state index contributed by atoms with van der Waals surface area (Å²) < 4.78 is 0. The van der Waals surface area contributed by atoms with E-state index in [4.69, 9.17) is 11.6 Å². The Kier molecular flexibility index (Phi) is 7.57. The van der Waals surface area contributed by atoms with E-state index in [0.29, 0.717) is 0 Å². The van der Waals surface area contributed by atoms with Crippen LogP contribution in [0.5, 0.6) is 0 Å². The molecule has 0 nitrogen and oxygen atoms in total. The molecule has 1 heteroatoms. The van der Waals surface area contributed by atoms with Crippen LogP contribution in [0, 0.1) is 0 Å². The standard InChI is InChI=1S/C8H13Cl/c1-2-3-4-5-6-7-8-9/h2,4-5H,1,3,6-8H2/b5-4+. The van der Waals surface area contributed by atoms with Gasteiger partial charge < -0.3 is 0 Å². The average molecular weight is 145 g/mol. The second-order valence-corrected chi connectivity index (χ2v) is 2.20. The number of allylic oxidation sites excluding steroid dienone is 3. The highest BCUT2D eigenvalue weighted by Gasteiger charge is 1.76. The van der Waals surface area contributed by atoms with E-state index in [1.807, 2.05) is 6.08 Å². The first-order valence-electron chi connectivity index (χ1n) is 3.23. The molecule has 52 valence electrons. The van der Waals surface area contributed by atoms with Crippen LogP contribution in [-0.4, -0.2) is 5.88 Å². The summed E-state index contributed by atoms with van der Waals surface area (Å²) in [5.74, 6) is 0.762. The molecule has 0 aromatic rings. The van der Waals surface area contributed by atoms with Crippen LogP contribution in [-0.2, 0) is 0 Å². The molecule has 0 bridgehead atoms. The minimum atomic E-state index is 0.762. The summed E-state index contributed by atoms with van der Waals surface area (Å²) in [4.78, 5) is 0. The Labute approximate surface area is 62.2 Å². The van der Waals surface area contributed by atoms with Crippen LogP contribution in [0.25, 0.3) is 0 Å². The zero-order valence-electron chi connectivity index (χ0n) is 5.65. The lowest BCUT2D eigenvalue weighted by Gasteiger charge is -1.84. The quantitative estimate of drug-likeness (QED) is 0.316. The van der Waals surface area contributed by atoms with Gasteiger partial charge in [0.2, 0.25) is 0 Å². The average Bonchev–Trinajstić information content (AvgIpc) is 1.89. The van der Waals surface area contributed by atoms with Gasteiger partial charge in [0.1, 0.15) is 0 Å². The van der Waals surface area contributed by atoms with Crippen molar-refractivity contribution >= 4 is 11.6 Å². The highest BCUT2D eigenvalue weighted by Crippen LogP contribution is 1.94. The molecule has 0 N–H and O–H groups in total. The Morgan fingerprint density at radius 1 is 1.33 bits per heavy atom. The third-order valence-electron chi connectivity index (χ3n) is 0.974. The molecule has 0 atom stereocenters. The molecule has 9 heavy (non-hydrogen) atoms. The Hall–Kier alpha value is -0.230. The molecule has 0 aromatic heterocycles. The van der Waals surface area contributed by atoms with Crippen molar-refractivity contribution in [3.05, 3.63) is 24.8 Å². The molecule has 0 aromatic carbocycles. The van der Waals surface area contributed by atoms with Gasteiger partial charge in [-0.1, -0.05) is 18.2 Å². The SMILES string of the molecule is C=CC/C=C/CCCCl. The number of hydrogen-bond acceptors (Lipinski definition) is 0.